The minimum Gasteiger partial charge on any atom is -0.390 e. The van der Waals surface area contributed by atoms with Gasteiger partial charge in [-0.25, -0.2) is 0 Å². The molecule has 3 fully saturated rings. The van der Waals surface area contributed by atoms with E-state index in [0.29, 0.717) is 5.41 Å². The molecule has 0 aromatic heterocycles. The van der Waals surface area contributed by atoms with Crippen LogP contribution in [-0.2, 0) is 0 Å². The summed E-state index contributed by atoms with van der Waals surface area (Å²) in [5, 5.41) is 20.1. The van der Waals surface area contributed by atoms with Gasteiger partial charge in [-0.2, -0.15) is 0 Å². The summed E-state index contributed by atoms with van der Waals surface area (Å²) in [6, 6.07) is 0. The first-order valence-electron chi connectivity index (χ1n) is 12.1. The third kappa shape index (κ3) is 5.44. The minimum atomic E-state index is -0.533. The summed E-state index contributed by atoms with van der Waals surface area (Å²) < 4.78 is 0. The molecule has 2 N–H and O–H groups in total. The van der Waals surface area contributed by atoms with Gasteiger partial charge in [0.2, 0.25) is 0 Å². The second-order valence-corrected chi connectivity index (χ2v) is 11.2. The Balaban J connectivity index is 1.65. The lowest BCUT2D eigenvalue weighted by Gasteiger charge is -2.44. The third-order valence-electron chi connectivity index (χ3n) is 8.40. The first-order valence-corrected chi connectivity index (χ1v) is 12.1. The van der Waals surface area contributed by atoms with Gasteiger partial charge in [-0.15, -0.1) is 0 Å². The molecule has 3 rings (SSSR count). The van der Waals surface area contributed by atoms with Gasteiger partial charge in [0.25, 0.3) is 0 Å². The van der Waals surface area contributed by atoms with Gasteiger partial charge in [-0.1, -0.05) is 56.6 Å². The highest BCUT2D eigenvalue weighted by atomic mass is 16.3. The number of allylic oxidation sites excluding steroid dienone is 3. The van der Waals surface area contributed by atoms with E-state index in [4.69, 9.17) is 0 Å². The van der Waals surface area contributed by atoms with E-state index in [0.717, 1.165) is 55.4 Å². The maximum atomic E-state index is 10.1. The molecular formula is C27H44O2. The zero-order valence-electron chi connectivity index (χ0n) is 19.3. The highest BCUT2D eigenvalue weighted by molar-refractivity contribution is 5.28. The zero-order valence-corrected chi connectivity index (χ0v) is 19.3. The molecule has 0 heterocycles. The Hall–Kier alpha value is -0.860. The van der Waals surface area contributed by atoms with E-state index < -0.39 is 5.60 Å². The van der Waals surface area contributed by atoms with E-state index in [-0.39, 0.29) is 6.10 Å². The normalized spacial score (nSPS) is 37.2. The van der Waals surface area contributed by atoms with E-state index >= 15 is 0 Å². The monoisotopic (exact) mass is 400 g/mol. The molecule has 5 atom stereocenters. The molecular weight excluding hydrogens is 356 g/mol. The van der Waals surface area contributed by atoms with Crippen LogP contribution in [0.25, 0.3) is 0 Å². The number of hydrogen-bond donors (Lipinski definition) is 2. The van der Waals surface area contributed by atoms with Crippen molar-refractivity contribution in [1.82, 2.24) is 0 Å². The van der Waals surface area contributed by atoms with Crippen LogP contribution >= 0.6 is 0 Å². The second-order valence-electron chi connectivity index (χ2n) is 11.2. The van der Waals surface area contributed by atoms with Gasteiger partial charge in [0.05, 0.1) is 11.7 Å². The molecule has 3 saturated carbocycles. The largest absolute Gasteiger partial charge is 0.390 e. The summed E-state index contributed by atoms with van der Waals surface area (Å²) in [7, 11) is 0. The predicted octanol–water partition coefficient (Wildman–Crippen LogP) is 6.73. The van der Waals surface area contributed by atoms with Crippen molar-refractivity contribution >= 4 is 0 Å². The van der Waals surface area contributed by atoms with Gasteiger partial charge in [0, 0.05) is 0 Å². The van der Waals surface area contributed by atoms with E-state index in [1.165, 1.54) is 44.1 Å². The van der Waals surface area contributed by atoms with E-state index in [2.05, 4.69) is 32.6 Å². The average Bonchev–Trinajstić information content (AvgIpc) is 2.99. The molecule has 0 spiro atoms. The number of aliphatic hydroxyl groups is 2. The highest BCUT2D eigenvalue weighted by Gasteiger charge is 2.50. The molecule has 2 unspecified atom stereocenters. The van der Waals surface area contributed by atoms with Crippen molar-refractivity contribution in [3.05, 3.63) is 35.5 Å². The molecule has 3 aliphatic carbocycles. The summed E-state index contributed by atoms with van der Waals surface area (Å²) in [6.07, 6.45) is 17.1. The van der Waals surface area contributed by atoms with Crippen molar-refractivity contribution in [2.24, 2.45) is 23.2 Å². The van der Waals surface area contributed by atoms with Gasteiger partial charge in [0.15, 0.2) is 0 Å². The van der Waals surface area contributed by atoms with Crippen molar-refractivity contribution in [2.45, 2.75) is 110 Å². The number of rotatable bonds is 6. The fraction of sp³-hybridized carbons (Fsp3) is 0.778. The SMILES string of the molecule is C=C1CCC(=CC=C2CCC[C@@]3(C)C2CCC3[C@H](C)CCCC(C)(C)O)C[C@H]1O. The van der Waals surface area contributed by atoms with Gasteiger partial charge in [0.1, 0.15) is 0 Å². The fourth-order valence-corrected chi connectivity index (χ4v) is 6.63. The molecule has 0 bridgehead atoms. The first kappa shape index (κ1) is 22.8. The molecule has 0 saturated heterocycles. The van der Waals surface area contributed by atoms with Gasteiger partial charge >= 0.3 is 0 Å². The highest BCUT2D eigenvalue weighted by Crippen LogP contribution is 2.59. The van der Waals surface area contributed by atoms with Gasteiger partial charge in [-0.05, 0) is 100 Å². The van der Waals surface area contributed by atoms with E-state index in [1.807, 2.05) is 13.8 Å². The topological polar surface area (TPSA) is 40.5 Å². The van der Waals surface area contributed by atoms with Crippen LogP contribution in [0.5, 0.6) is 0 Å². The molecule has 3 aliphatic rings. The minimum absolute atomic E-state index is 0.342. The Morgan fingerprint density at radius 1 is 1.21 bits per heavy atom. The van der Waals surface area contributed by atoms with Crippen LogP contribution in [0.1, 0.15) is 98.3 Å². The molecule has 0 radical (unpaired) electrons. The van der Waals surface area contributed by atoms with Crippen molar-refractivity contribution < 1.29 is 10.2 Å². The fourth-order valence-electron chi connectivity index (χ4n) is 6.63. The first-order chi connectivity index (χ1) is 13.6. The van der Waals surface area contributed by atoms with Gasteiger partial charge in [-0.3, -0.25) is 0 Å². The summed E-state index contributed by atoms with van der Waals surface area (Å²) >= 11 is 0. The lowest BCUT2D eigenvalue weighted by molar-refractivity contribution is 0.0596. The molecule has 0 amide bonds. The van der Waals surface area contributed by atoms with Crippen molar-refractivity contribution in [2.75, 3.05) is 0 Å². The maximum absolute atomic E-state index is 10.1. The Morgan fingerprint density at radius 3 is 2.66 bits per heavy atom. The quantitative estimate of drug-likeness (QED) is 0.485. The summed E-state index contributed by atoms with van der Waals surface area (Å²) in [6.45, 7) is 12.9. The molecule has 0 aromatic rings. The van der Waals surface area contributed by atoms with Crippen LogP contribution in [-0.4, -0.2) is 21.9 Å². The molecule has 2 heteroatoms. The maximum Gasteiger partial charge on any atom is 0.0784 e. The van der Waals surface area contributed by atoms with Gasteiger partial charge < -0.3 is 10.2 Å². The number of aliphatic hydroxyl groups excluding tert-OH is 1. The molecule has 0 aliphatic heterocycles. The second kappa shape index (κ2) is 9.10. The molecule has 2 nitrogen and oxygen atoms in total. The Kier molecular flexibility index (Phi) is 7.16. The lowest BCUT2D eigenvalue weighted by Crippen LogP contribution is -2.36. The zero-order chi connectivity index (χ0) is 21.2. The number of hydrogen-bond acceptors (Lipinski definition) is 2. The molecule has 164 valence electrons. The standard InChI is InChI=1S/C27H44O2/c1-19(8-6-16-26(3,4)29)23-14-15-24-22(9-7-17-27(23,24)5)13-12-21-11-10-20(2)25(28)18-21/h12-13,19,23-25,28-29H,2,6-11,14-18H2,1,3-5H3/t19-,23?,24?,25-,27-/m1/s1. The number of fused-ring (bicyclic) bond motifs is 1. The van der Waals surface area contributed by atoms with Crippen molar-refractivity contribution in [3.63, 3.8) is 0 Å². The lowest BCUT2D eigenvalue weighted by atomic mass is 9.60. The third-order valence-corrected chi connectivity index (χ3v) is 8.40. The Bertz CT molecular complexity index is 650. The van der Waals surface area contributed by atoms with Crippen LogP contribution in [0.2, 0.25) is 0 Å². The average molecular weight is 401 g/mol. The van der Waals surface area contributed by atoms with Crippen molar-refractivity contribution in [3.8, 4) is 0 Å². The van der Waals surface area contributed by atoms with Crippen LogP contribution in [0.3, 0.4) is 0 Å². The summed E-state index contributed by atoms with van der Waals surface area (Å²) in [5.41, 5.74) is 3.96. The smallest absolute Gasteiger partial charge is 0.0784 e. The Labute approximate surface area is 179 Å². The van der Waals surface area contributed by atoms with E-state index in [9.17, 15) is 10.2 Å². The molecule has 0 aromatic carbocycles. The predicted molar refractivity (Wildman–Crippen MR) is 123 cm³/mol. The summed E-state index contributed by atoms with van der Waals surface area (Å²) in [4.78, 5) is 0. The van der Waals surface area contributed by atoms with Crippen molar-refractivity contribution in [1.29, 1.82) is 0 Å². The van der Waals surface area contributed by atoms with Crippen LogP contribution in [0, 0.1) is 23.2 Å². The van der Waals surface area contributed by atoms with Crippen LogP contribution in [0.4, 0.5) is 0 Å². The van der Waals surface area contributed by atoms with Crippen LogP contribution < -0.4 is 0 Å². The van der Waals surface area contributed by atoms with Crippen LogP contribution in [0.15, 0.2) is 35.5 Å². The van der Waals surface area contributed by atoms with E-state index in [1.54, 1.807) is 5.57 Å². The molecule has 29 heavy (non-hydrogen) atoms. The summed E-state index contributed by atoms with van der Waals surface area (Å²) in [5.74, 6) is 2.29. The Morgan fingerprint density at radius 2 is 1.97 bits per heavy atom.